The average Bonchev–Trinajstić information content (AvgIpc) is 2.36. The molecule has 102 valence electrons. The zero-order chi connectivity index (χ0) is 14.5. The molecule has 0 amide bonds. The largest absolute Gasteiger partial charge is 0.479 e. The molecule has 4 N–H and O–H groups in total. The number of oxime groups is 1. The summed E-state index contributed by atoms with van der Waals surface area (Å²) in [5.74, 6) is -3.17. The van der Waals surface area contributed by atoms with Crippen LogP contribution < -0.4 is 0 Å². The predicted molar refractivity (Wildman–Crippen MR) is 64.2 cm³/mol. The third-order valence-electron chi connectivity index (χ3n) is 2.56. The van der Waals surface area contributed by atoms with Gasteiger partial charge in [0.15, 0.2) is 11.3 Å². The van der Waals surface area contributed by atoms with Crippen LogP contribution in [0.3, 0.4) is 0 Å². The number of aliphatic carboxylic acids is 2. The van der Waals surface area contributed by atoms with Crippen molar-refractivity contribution in [1.29, 1.82) is 0 Å². The highest BCUT2D eigenvalue weighted by Crippen LogP contribution is 2.19. The number of carbonyl (C=O) groups is 2. The first-order valence-electron chi connectivity index (χ1n) is 5.33. The maximum Gasteiger partial charge on any atom is 0.353 e. The second-order valence-electron chi connectivity index (χ2n) is 4.03. The fourth-order valence-electron chi connectivity index (χ4n) is 1.58. The predicted octanol–water partition coefficient (Wildman–Crippen LogP) is 0.350. The van der Waals surface area contributed by atoms with Crippen LogP contribution in [0.4, 0.5) is 0 Å². The molecule has 0 heterocycles. The fraction of sp³-hybridized carbons (Fsp3) is 0.250. The number of hydrogen-bond acceptors (Lipinski definition) is 5. The Hall–Kier alpha value is -2.41. The molecular weight excluding hydrogens is 254 g/mol. The first-order chi connectivity index (χ1) is 8.89. The van der Waals surface area contributed by atoms with E-state index in [4.69, 9.17) is 15.4 Å². The van der Waals surface area contributed by atoms with Crippen molar-refractivity contribution in [1.82, 2.24) is 0 Å². The standard InChI is InChI=1S/C12H13NO6/c14-10(15)9(13-19)7-12(18,11(16)17)6-8-4-2-1-3-5-8/h1-5,18-19H,6-7H2,(H,14,15)(H,16,17)/b13-9+. The van der Waals surface area contributed by atoms with Crippen LogP contribution in [0, 0.1) is 0 Å². The summed E-state index contributed by atoms with van der Waals surface area (Å²) in [6, 6.07) is 8.25. The van der Waals surface area contributed by atoms with Crippen LogP contribution in [0.25, 0.3) is 0 Å². The van der Waals surface area contributed by atoms with Crippen molar-refractivity contribution in [3.8, 4) is 0 Å². The molecule has 0 fully saturated rings. The average molecular weight is 267 g/mol. The highest BCUT2D eigenvalue weighted by molar-refractivity contribution is 6.36. The number of hydrogen-bond donors (Lipinski definition) is 4. The van der Waals surface area contributed by atoms with Gasteiger partial charge in [0.25, 0.3) is 0 Å². The summed E-state index contributed by atoms with van der Waals surface area (Å²) in [7, 11) is 0. The maximum atomic E-state index is 11.1. The molecule has 1 rings (SSSR count). The molecule has 1 atom stereocenters. The Morgan fingerprint density at radius 3 is 2.16 bits per heavy atom. The third kappa shape index (κ3) is 3.78. The minimum atomic E-state index is -2.35. The molecule has 1 unspecified atom stereocenters. The lowest BCUT2D eigenvalue weighted by Crippen LogP contribution is -2.44. The van der Waals surface area contributed by atoms with Crippen LogP contribution in [-0.4, -0.2) is 43.8 Å². The van der Waals surface area contributed by atoms with E-state index >= 15 is 0 Å². The van der Waals surface area contributed by atoms with Crippen LogP contribution in [0.1, 0.15) is 12.0 Å². The van der Waals surface area contributed by atoms with Gasteiger partial charge in [-0.2, -0.15) is 0 Å². The number of rotatable bonds is 6. The van der Waals surface area contributed by atoms with E-state index in [-0.39, 0.29) is 6.42 Å². The maximum absolute atomic E-state index is 11.1. The van der Waals surface area contributed by atoms with Gasteiger partial charge in [0.1, 0.15) is 0 Å². The second-order valence-corrected chi connectivity index (χ2v) is 4.03. The highest BCUT2D eigenvalue weighted by Gasteiger charge is 2.39. The van der Waals surface area contributed by atoms with Gasteiger partial charge < -0.3 is 20.5 Å². The summed E-state index contributed by atoms with van der Waals surface area (Å²) in [6.07, 6.45) is -1.10. The minimum absolute atomic E-state index is 0.296. The quantitative estimate of drug-likeness (QED) is 0.334. The van der Waals surface area contributed by atoms with Crippen molar-refractivity contribution in [2.45, 2.75) is 18.4 Å². The number of aliphatic hydroxyl groups is 1. The molecule has 0 spiro atoms. The molecule has 1 aromatic rings. The van der Waals surface area contributed by atoms with Crippen molar-refractivity contribution in [3.63, 3.8) is 0 Å². The first-order valence-corrected chi connectivity index (χ1v) is 5.33. The van der Waals surface area contributed by atoms with Crippen LogP contribution in [0.5, 0.6) is 0 Å². The smallest absolute Gasteiger partial charge is 0.353 e. The van der Waals surface area contributed by atoms with Crippen LogP contribution in [0.2, 0.25) is 0 Å². The zero-order valence-corrected chi connectivity index (χ0v) is 9.85. The van der Waals surface area contributed by atoms with Crippen molar-refractivity contribution < 1.29 is 30.1 Å². The van der Waals surface area contributed by atoms with Gasteiger partial charge in [-0.15, -0.1) is 0 Å². The van der Waals surface area contributed by atoms with Gasteiger partial charge in [-0.1, -0.05) is 35.5 Å². The molecule has 0 aliphatic heterocycles. The number of carboxylic acid groups (broad SMARTS) is 2. The number of nitrogens with zero attached hydrogens (tertiary/aromatic N) is 1. The SMILES string of the molecule is O=C(O)/C(CC(O)(Cc1ccccc1)C(=O)O)=N/O. The summed E-state index contributed by atoms with van der Waals surface area (Å²) in [5.41, 5.74) is -2.64. The molecule has 0 radical (unpaired) electrons. The summed E-state index contributed by atoms with van der Waals surface area (Å²) < 4.78 is 0. The van der Waals surface area contributed by atoms with Gasteiger partial charge in [0.2, 0.25) is 0 Å². The molecule has 7 heteroatoms. The lowest BCUT2D eigenvalue weighted by atomic mass is 9.89. The van der Waals surface area contributed by atoms with E-state index in [1.807, 2.05) is 0 Å². The van der Waals surface area contributed by atoms with E-state index < -0.39 is 29.7 Å². The Morgan fingerprint density at radius 2 is 1.74 bits per heavy atom. The van der Waals surface area contributed by atoms with E-state index in [1.54, 1.807) is 30.3 Å². The van der Waals surface area contributed by atoms with E-state index in [2.05, 4.69) is 5.16 Å². The van der Waals surface area contributed by atoms with Gasteiger partial charge in [-0.05, 0) is 5.56 Å². The normalized spacial score (nSPS) is 14.7. The zero-order valence-electron chi connectivity index (χ0n) is 9.85. The van der Waals surface area contributed by atoms with E-state index in [0.717, 1.165) is 0 Å². The second kappa shape index (κ2) is 5.96. The fourth-order valence-corrected chi connectivity index (χ4v) is 1.58. The summed E-state index contributed by atoms with van der Waals surface area (Å²) in [5, 5.41) is 38.8. The van der Waals surface area contributed by atoms with Gasteiger partial charge >= 0.3 is 11.9 Å². The Morgan fingerprint density at radius 1 is 1.16 bits per heavy atom. The number of benzene rings is 1. The molecular formula is C12H13NO6. The lowest BCUT2D eigenvalue weighted by Gasteiger charge is -2.22. The van der Waals surface area contributed by atoms with Crippen molar-refractivity contribution in [2.75, 3.05) is 0 Å². The molecule has 0 aliphatic rings. The van der Waals surface area contributed by atoms with Gasteiger partial charge in [0, 0.05) is 12.8 Å². The van der Waals surface area contributed by atoms with E-state index in [9.17, 15) is 14.7 Å². The summed E-state index contributed by atoms with van der Waals surface area (Å²) in [6.45, 7) is 0. The van der Waals surface area contributed by atoms with Crippen LogP contribution in [0.15, 0.2) is 35.5 Å². The monoisotopic (exact) mass is 267 g/mol. The Kier molecular flexibility index (Phi) is 4.60. The molecule has 0 aromatic heterocycles. The lowest BCUT2D eigenvalue weighted by molar-refractivity contribution is -0.157. The molecule has 7 nitrogen and oxygen atoms in total. The van der Waals surface area contributed by atoms with Gasteiger partial charge in [-0.3, -0.25) is 0 Å². The highest BCUT2D eigenvalue weighted by atomic mass is 16.4. The molecule has 0 saturated heterocycles. The Bertz CT molecular complexity index is 498. The Labute approximate surface area is 108 Å². The van der Waals surface area contributed by atoms with Gasteiger partial charge in [-0.25, -0.2) is 9.59 Å². The summed E-state index contributed by atoms with van der Waals surface area (Å²) >= 11 is 0. The Balaban J connectivity index is 2.98. The molecule has 1 aromatic carbocycles. The van der Waals surface area contributed by atoms with E-state index in [0.29, 0.717) is 5.56 Å². The van der Waals surface area contributed by atoms with Crippen molar-refractivity contribution in [3.05, 3.63) is 35.9 Å². The molecule has 0 saturated carbocycles. The van der Waals surface area contributed by atoms with Crippen molar-refractivity contribution >= 4 is 17.7 Å². The minimum Gasteiger partial charge on any atom is -0.479 e. The van der Waals surface area contributed by atoms with Crippen molar-refractivity contribution in [2.24, 2.45) is 5.16 Å². The molecule has 0 aliphatic carbocycles. The topological polar surface area (TPSA) is 127 Å². The summed E-state index contributed by atoms with van der Waals surface area (Å²) in [4.78, 5) is 21.8. The van der Waals surface area contributed by atoms with Gasteiger partial charge in [0.05, 0.1) is 0 Å². The number of carboxylic acids is 2. The van der Waals surface area contributed by atoms with E-state index in [1.165, 1.54) is 0 Å². The van der Waals surface area contributed by atoms with Crippen LogP contribution in [-0.2, 0) is 16.0 Å². The molecule has 19 heavy (non-hydrogen) atoms. The van der Waals surface area contributed by atoms with Crippen LogP contribution >= 0.6 is 0 Å². The first kappa shape index (κ1) is 14.7. The molecule has 0 bridgehead atoms. The third-order valence-corrected chi connectivity index (χ3v) is 2.56.